The summed E-state index contributed by atoms with van der Waals surface area (Å²) >= 11 is 1.15. The molecule has 0 aliphatic carbocycles. The van der Waals surface area contributed by atoms with Crippen LogP contribution in [0.2, 0.25) is 0 Å². The second-order valence-electron chi connectivity index (χ2n) is 7.38. The summed E-state index contributed by atoms with van der Waals surface area (Å²) in [6, 6.07) is 19.6. The maximum atomic E-state index is 14.0. The van der Waals surface area contributed by atoms with Crippen LogP contribution in [0.15, 0.2) is 78.0 Å². The van der Waals surface area contributed by atoms with Crippen molar-refractivity contribution in [3.8, 4) is 11.4 Å². The molecule has 0 radical (unpaired) electrons. The quantitative estimate of drug-likeness (QED) is 0.200. The Labute approximate surface area is 204 Å². The third kappa shape index (κ3) is 5.82. The third-order valence-corrected chi connectivity index (χ3v) is 5.88. The van der Waals surface area contributed by atoms with Crippen LogP contribution in [-0.2, 0) is 11.4 Å². The van der Waals surface area contributed by atoms with Crippen molar-refractivity contribution in [2.24, 2.45) is 0 Å². The molecule has 4 aromatic rings. The summed E-state index contributed by atoms with van der Waals surface area (Å²) in [5.74, 6) is -0.333. The van der Waals surface area contributed by atoms with E-state index in [1.54, 1.807) is 29.7 Å². The van der Waals surface area contributed by atoms with Crippen molar-refractivity contribution >= 4 is 29.0 Å². The van der Waals surface area contributed by atoms with Crippen LogP contribution < -0.4 is 10.1 Å². The number of anilines is 1. The van der Waals surface area contributed by atoms with E-state index in [1.165, 1.54) is 24.3 Å². The van der Waals surface area contributed by atoms with Crippen molar-refractivity contribution < 1.29 is 18.8 Å². The molecule has 3 aromatic carbocycles. The summed E-state index contributed by atoms with van der Waals surface area (Å²) in [7, 11) is 0. The summed E-state index contributed by atoms with van der Waals surface area (Å²) < 4.78 is 21.3. The van der Waals surface area contributed by atoms with E-state index >= 15 is 0 Å². The van der Waals surface area contributed by atoms with Gasteiger partial charge < -0.3 is 10.1 Å². The molecule has 0 atom stereocenters. The molecule has 0 bridgehead atoms. The van der Waals surface area contributed by atoms with Gasteiger partial charge in [0.15, 0.2) is 22.5 Å². The highest BCUT2D eigenvalue weighted by atomic mass is 32.2. The van der Waals surface area contributed by atoms with Crippen molar-refractivity contribution in [3.05, 3.63) is 100 Å². The third-order valence-electron chi connectivity index (χ3n) is 4.95. The summed E-state index contributed by atoms with van der Waals surface area (Å²) in [5, 5.41) is 22.6. The predicted molar refractivity (Wildman–Crippen MR) is 129 cm³/mol. The fourth-order valence-corrected chi connectivity index (χ4v) is 3.97. The zero-order valence-electron chi connectivity index (χ0n) is 18.6. The number of non-ortho nitro benzene ring substituents is 1. The highest BCUT2D eigenvalue weighted by Crippen LogP contribution is 2.25. The van der Waals surface area contributed by atoms with Crippen LogP contribution in [-0.4, -0.2) is 31.3 Å². The predicted octanol–water partition coefficient (Wildman–Crippen LogP) is 4.93. The van der Waals surface area contributed by atoms with Crippen LogP contribution in [0.1, 0.15) is 11.4 Å². The smallest absolute Gasteiger partial charge is 0.271 e. The lowest BCUT2D eigenvalue weighted by Gasteiger charge is -2.12. The van der Waals surface area contributed by atoms with Gasteiger partial charge in [-0.1, -0.05) is 48.2 Å². The maximum Gasteiger partial charge on any atom is 0.271 e. The second-order valence-corrected chi connectivity index (χ2v) is 8.32. The number of aromatic nitrogens is 3. The average molecular weight is 494 g/mol. The lowest BCUT2D eigenvalue weighted by Crippen LogP contribution is -2.15. The van der Waals surface area contributed by atoms with Gasteiger partial charge in [-0.2, -0.15) is 0 Å². The first-order chi connectivity index (χ1) is 16.9. The number of hydrogen-bond donors (Lipinski definition) is 1. The summed E-state index contributed by atoms with van der Waals surface area (Å²) in [5.41, 5.74) is 1.71. The number of nitro groups is 1. The maximum absolute atomic E-state index is 14.0. The van der Waals surface area contributed by atoms with Gasteiger partial charge in [0.25, 0.3) is 5.69 Å². The molecular weight excluding hydrogens is 473 g/mol. The molecule has 0 fully saturated rings. The van der Waals surface area contributed by atoms with Crippen LogP contribution in [0.4, 0.5) is 15.8 Å². The van der Waals surface area contributed by atoms with Gasteiger partial charge in [-0.3, -0.25) is 19.5 Å². The molecule has 0 saturated heterocycles. The van der Waals surface area contributed by atoms with Gasteiger partial charge in [-0.25, -0.2) is 4.39 Å². The van der Waals surface area contributed by atoms with E-state index in [9.17, 15) is 19.3 Å². The molecule has 0 aliphatic rings. The molecule has 1 amide bonds. The van der Waals surface area contributed by atoms with Crippen molar-refractivity contribution in [1.82, 2.24) is 14.8 Å². The number of carbonyl (C=O) groups excluding carboxylic acids is 1. The molecule has 11 heteroatoms. The Morgan fingerprint density at radius 1 is 1.11 bits per heavy atom. The number of nitro benzene ring substituents is 1. The number of thioether (sulfide) groups is 1. The zero-order chi connectivity index (χ0) is 24.8. The van der Waals surface area contributed by atoms with Crippen LogP contribution in [0.3, 0.4) is 0 Å². The lowest BCUT2D eigenvalue weighted by molar-refractivity contribution is -0.384. The highest BCUT2D eigenvalue weighted by molar-refractivity contribution is 7.99. The van der Waals surface area contributed by atoms with Crippen molar-refractivity contribution in [1.29, 1.82) is 0 Å². The number of aryl methyl sites for hydroxylation is 1. The van der Waals surface area contributed by atoms with Crippen molar-refractivity contribution in [3.63, 3.8) is 0 Å². The number of benzene rings is 3. The first-order valence-electron chi connectivity index (χ1n) is 10.5. The Morgan fingerprint density at radius 2 is 1.86 bits per heavy atom. The Hall–Kier alpha value is -4.25. The fraction of sp³-hybridized carbons (Fsp3) is 0.125. The standard InChI is InChI=1S/C24H20FN5O4S/c1-16-11-12-18(30(32)33)13-20(16)26-23(31)15-35-24-28-27-22(29(24)17-7-3-2-4-8-17)14-34-21-10-6-5-9-19(21)25/h2-13H,14-15H2,1H3,(H,26,31). The van der Waals surface area contributed by atoms with Gasteiger partial charge in [0.2, 0.25) is 5.91 Å². The monoisotopic (exact) mass is 493 g/mol. The Kier molecular flexibility index (Phi) is 7.36. The zero-order valence-corrected chi connectivity index (χ0v) is 19.4. The van der Waals surface area contributed by atoms with E-state index in [4.69, 9.17) is 4.74 Å². The van der Waals surface area contributed by atoms with E-state index in [-0.39, 0.29) is 29.7 Å². The molecule has 0 unspecified atom stereocenters. The van der Waals surface area contributed by atoms with E-state index < -0.39 is 10.7 Å². The number of halogens is 1. The molecule has 178 valence electrons. The van der Waals surface area contributed by atoms with Gasteiger partial charge in [-0.15, -0.1) is 10.2 Å². The van der Waals surface area contributed by atoms with Gasteiger partial charge in [-0.05, 0) is 36.8 Å². The van der Waals surface area contributed by atoms with Crippen LogP contribution >= 0.6 is 11.8 Å². The Balaban J connectivity index is 1.50. The average Bonchev–Trinajstić information content (AvgIpc) is 3.27. The minimum atomic E-state index is -0.517. The number of nitrogens with one attached hydrogen (secondary N) is 1. The van der Waals surface area contributed by atoms with Gasteiger partial charge in [0.1, 0.15) is 6.61 Å². The van der Waals surface area contributed by atoms with E-state index in [0.717, 1.165) is 17.4 Å². The lowest BCUT2D eigenvalue weighted by atomic mass is 10.2. The number of carbonyl (C=O) groups is 1. The van der Waals surface area contributed by atoms with E-state index in [1.807, 2.05) is 30.3 Å². The number of nitrogens with zero attached hydrogens (tertiary/aromatic N) is 4. The molecule has 9 nitrogen and oxygen atoms in total. The molecule has 1 aromatic heterocycles. The molecule has 1 heterocycles. The SMILES string of the molecule is Cc1ccc([N+](=O)[O-])cc1NC(=O)CSc1nnc(COc2ccccc2F)n1-c1ccccc1. The normalized spacial score (nSPS) is 10.7. The summed E-state index contributed by atoms with van der Waals surface area (Å²) in [4.78, 5) is 23.1. The van der Waals surface area contributed by atoms with Gasteiger partial charge in [0.05, 0.1) is 16.4 Å². The molecule has 35 heavy (non-hydrogen) atoms. The largest absolute Gasteiger partial charge is 0.483 e. The van der Waals surface area contributed by atoms with Crippen LogP contribution in [0, 0.1) is 22.9 Å². The molecule has 0 spiro atoms. The number of para-hydroxylation sites is 2. The van der Waals surface area contributed by atoms with Crippen molar-refractivity contribution in [2.75, 3.05) is 11.1 Å². The topological polar surface area (TPSA) is 112 Å². The molecular formula is C24H20FN5O4S. The van der Waals surface area contributed by atoms with E-state index in [2.05, 4.69) is 15.5 Å². The number of amides is 1. The summed E-state index contributed by atoms with van der Waals surface area (Å²) in [6.45, 7) is 1.71. The Morgan fingerprint density at radius 3 is 2.60 bits per heavy atom. The van der Waals surface area contributed by atoms with Crippen LogP contribution in [0.5, 0.6) is 5.75 Å². The first kappa shape index (κ1) is 23.9. The number of rotatable bonds is 9. The van der Waals surface area contributed by atoms with Crippen LogP contribution in [0.25, 0.3) is 5.69 Å². The molecule has 0 saturated carbocycles. The first-order valence-corrected chi connectivity index (χ1v) is 11.5. The fourth-order valence-electron chi connectivity index (χ4n) is 3.20. The number of hydrogen-bond acceptors (Lipinski definition) is 7. The van der Waals surface area contributed by atoms with Gasteiger partial charge >= 0.3 is 0 Å². The highest BCUT2D eigenvalue weighted by Gasteiger charge is 2.18. The molecule has 4 rings (SSSR count). The minimum Gasteiger partial charge on any atom is -0.483 e. The minimum absolute atomic E-state index is 0.0126. The molecule has 0 aliphatic heterocycles. The number of ether oxygens (including phenoxy) is 1. The molecule has 1 N–H and O–H groups in total. The van der Waals surface area contributed by atoms with Gasteiger partial charge in [0, 0.05) is 17.8 Å². The summed E-state index contributed by atoms with van der Waals surface area (Å²) in [6.07, 6.45) is 0. The Bertz CT molecular complexity index is 1360. The van der Waals surface area contributed by atoms with Crippen molar-refractivity contribution in [2.45, 2.75) is 18.7 Å². The van der Waals surface area contributed by atoms with E-state index in [0.29, 0.717) is 22.2 Å². The second kappa shape index (κ2) is 10.8.